The fourth-order valence-corrected chi connectivity index (χ4v) is 4.76. The number of carbonyl (C=O) groups excluding carboxylic acids is 1. The molecule has 8 heteroatoms. The second-order valence-corrected chi connectivity index (χ2v) is 8.57. The topological polar surface area (TPSA) is 64.1 Å². The second-order valence-electron chi connectivity index (χ2n) is 7.46. The molecule has 32 heavy (non-hydrogen) atoms. The van der Waals surface area contributed by atoms with E-state index in [-0.39, 0.29) is 5.91 Å². The molecule has 4 rings (SSSR count). The smallest absolute Gasteiger partial charge is 0.246 e. The zero-order chi connectivity index (χ0) is 22.5. The number of benzene rings is 2. The maximum absolute atomic E-state index is 12.7. The average Bonchev–Trinajstić information content (AvgIpc) is 3.24. The minimum atomic E-state index is -0.0125. The Hall–Kier alpha value is -3.10. The normalized spacial score (nSPS) is 14.8. The molecule has 1 aromatic heterocycles. The predicted octanol–water partition coefficient (Wildman–Crippen LogP) is 3.68. The highest BCUT2D eigenvalue weighted by atomic mass is 32.1. The van der Waals surface area contributed by atoms with Gasteiger partial charge in [0, 0.05) is 43.9 Å². The number of rotatable bonds is 7. The maximum Gasteiger partial charge on any atom is 0.246 e. The molecular formula is C24H27N3O4S. The molecule has 0 aliphatic carbocycles. The largest absolute Gasteiger partial charge is 0.496 e. The molecule has 2 aromatic carbocycles. The van der Waals surface area contributed by atoms with E-state index in [1.54, 1.807) is 57.0 Å². The highest BCUT2D eigenvalue weighted by Gasteiger charge is 2.21. The first kappa shape index (κ1) is 22.1. The van der Waals surface area contributed by atoms with Gasteiger partial charge in [-0.25, -0.2) is 4.98 Å². The van der Waals surface area contributed by atoms with Crippen molar-refractivity contribution >= 4 is 33.5 Å². The summed E-state index contributed by atoms with van der Waals surface area (Å²) in [4.78, 5) is 21.7. The first-order valence-corrected chi connectivity index (χ1v) is 11.3. The van der Waals surface area contributed by atoms with Crippen LogP contribution in [0.25, 0.3) is 16.3 Å². The van der Waals surface area contributed by atoms with Crippen LogP contribution in [0.5, 0.6) is 17.2 Å². The molecule has 0 bridgehead atoms. The van der Waals surface area contributed by atoms with Gasteiger partial charge in [0.05, 0.1) is 38.1 Å². The van der Waals surface area contributed by atoms with E-state index in [0.29, 0.717) is 30.3 Å². The Balaban J connectivity index is 1.35. The van der Waals surface area contributed by atoms with E-state index >= 15 is 0 Å². The summed E-state index contributed by atoms with van der Waals surface area (Å²) in [6.07, 6.45) is 3.35. The van der Waals surface area contributed by atoms with E-state index < -0.39 is 0 Å². The molecule has 7 nitrogen and oxygen atoms in total. The third-order valence-electron chi connectivity index (χ3n) is 5.52. The second kappa shape index (κ2) is 10.0. The highest BCUT2D eigenvalue weighted by Crippen LogP contribution is 2.35. The van der Waals surface area contributed by atoms with Crippen molar-refractivity contribution in [2.75, 3.05) is 47.5 Å². The van der Waals surface area contributed by atoms with Crippen LogP contribution in [0.1, 0.15) is 10.6 Å². The zero-order valence-corrected chi connectivity index (χ0v) is 19.4. The zero-order valence-electron chi connectivity index (χ0n) is 18.5. The first-order chi connectivity index (χ1) is 15.6. The quantitative estimate of drug-likeness (QED) is 0.509. The fourth-order valence-electron chi connectivity index (χ4n) is 3.75. The summed E-state index contributed by atoms with van der Waals surface area (Å²) >= 11 is 1.74. The third kappa shape index (κ3) is 4.87. The minimum Gasteiger partial charge on any atom is -0.496 e. The van der Waals surface area contributed by atoms with E-state index in [0.717, 1.165) is 35.7 Å². The number of para-hydroxylation sites is 1. The Bertz CT molecular complexity index is 1090. The predicted molar refractivity (Wildman–Crippen MR) is 127 cm³/mol. The summed E-state index contributed by atoms with van der Waals surface area (Å²) in [5.74, 6) is 1.77. The molecule has 0 saturated carbocycles. The van der Waals surface area contributed by atoms with E-state index in [1.807, 2.05) is 23.1 Å². The molecular weight excluding hydrogens is 426 g/mol. The van der Waals surface area contributed by atoms with Gasteiger partial charge in [0.25, 0.3) is 0 Å². The standard InChI is InChI=1S/C24H27N3O4S/c1-29-19-15-21(31-3)20(30-2)14-17(19)8-9-24(28)27-12-10-26(11-13-27)16-23-25-18-6-4-5-7-22(18)32-23/h4-9,14-15H,10-13,16H2,1-3H3. The number of aromatic nitrogens is 1. The Labute approximate surface area is 191 Å². The van der Waals surface area contributed by atoms with E-state index in [9.17, 15) is 4.79 Å². The summed E-state index contributed by atoms with van der Waals surface area (Å²) < 4.78 is 17.3. The van der Waals surface area contributed by atoms with E-state index in [1.165, 1.54) is 4.70 Å². The van der Waals surface area contributed by atoms with Crippen molar-refractivity contribution in [3.05, 3.63) is 53.0 Å². The molecule has 1 amide bonds. The number of hydrogen-bond donors (Lipinski definition) is 0. The average molecular weight is 454 g/mol. The van der Waals surface area contributed by atoms with Crippen LogP contribution in [0, 0.1) is 0 Å². The lowest BCUT2D eigenvalue weighted by molar-refractivity contribution is -0.127. The first-order valence-electron chi connectivity index (χ1n) is 10.4. The van der Waals surface area contributed by atoms with Crippen molar-refractivity contribution in [3.8, 4) is 17.2 Å². The molecule has 2 heterocycles. The maximum atomic E-state index is 12.7. The number of methoxy groups -OCH3 is 3. The molecule has 0 radical (unpaired) electrons. The van der Waals surface area contributed by atoms with Crippen LogP contribution in [0.2, 0.25) is 0 Å². The SMILES string of the molecule is COc1cc(OC)c(OC)cc1C=CC(=O)N1CCN(Cc2nc3ccccc3s2)CC1. The molecule has 3 aromatic rings. The van der Waals surface area contributed by atoms with Crippen LogP contribution >= 0.6 is 11.3 Å². The Morgan fingerprint density at radius 3 is 2.38 bits per heavy atom. The summed E-state index contributed by atoms with van der Waals surface area (Å²) in [6, 6.07) is 11.8. The van der Waals surface area contributed by atoms with Gasteiger partial charge in [0.15, 0.2) is 11.5 Å². The van der Waals surface area contributed by atoms with Gasteiger partial charge in [-0.1, -0.05) is 12.1 Å². The van der Waals surface area contributed by atoms with Crippen molar-refractivity contribution < 1.29 is 19.0 Å². The summed E-state index contributed by atoms with van der Waals surface area (Å²) in [6.45, 7) is 3.86. The van der Waals surface area contributed by atoms with Gasteiger partial charge in [0.2, 0.25) is 5.91 Å². The lowest BCUT2D eigenvalue weighted by Crippen LogP contribution is -2.47. The molecule has 0 spiro atoms. The monoisotopic (exact) mass is 453 g/mol. The summed E-state index contributed by atoms with van der Waals surface area (Å²) in [5.41, 5.74) is 1.81. The van der Waals surface area contributed by atoms with Gasteiger partial charge in [-0.05, 0) is 24.3 Å². The third-order valence-corrected chi connectivity index (χ3v) is 6.54. The van der Waals surface area contributed by atoms with Crippen LogP contribution in [-0.4, -0.2) is 68.2 Å². The molecule has 0 atom stereocenters. The number of carbonyl (C=O) groups is 1. The lowest BCUT2D eigenvalue weighted by atomic mass is 10.1. The molecule has 1 aliphatic rings. The Morgan fingerprint density at radius 1 is 1.00 bits per heavy atom. The minimum absolute atomic E-state index is 0.0125. The van der Waals surface area contributed by atoms with Gasteiger partial charge in [-0.15, -0.1) is 11.3 Å². The molecule has 1 saturated heterocycles. The van der Waals surface area contributed by atoms with Crippen LogP contribution in [0.15, 0.2) is 42.5 Å². The van der Waals surface area contributed by atoms with Crippen molar-refractivity contribution in [1.29, 1.82) is 0 Å². The molecule has 0 N–H and O–H groups in total. The summed E-state index contributed by atoms with van der Waals surface area (Å²) in [7, 11) is 4.74. The number of nitrogens with zero attached hydrogens (tertiary/aromatic N) is 3. The Morgan fingerprint density at radius 2 is 1.69 bits per heavy atom. The highest BCUT2D eigenvalue weighted by molar-refractivity contribution is 7.18. The number of ether oxygens (including phenoxy) is 3. The van der Waals surface area contributed by atoms with Crippen LogP contribution in [-0.2, 0) is 11.3 Å². The number of thiazole rings is 1. The van der Waals surface area contributed by atoms with Gasteiger partial charge in [-0.2, -0.15) is 0 Å². The van der Waals surface area contributed by atoms with Gasteiger partial charge < -0.3 is 19.1 Å². The van der Waals surface area contributed by atoms with E-state index in [2.05, 4.69) is 11.0 Å². The van der Waals surface area contributed by atoms with Gasteiger partial charge >= 0.3 is 0 Å². The van der Waals surface area contributed by atoms with Crippen LogP contribution in [0.3, 0.4) is 0 Å². The fraction of sp³-hybridized carbons (Fsp3) is 0.333. The van der Waals surface area contributed by atoms with Gasteiger partial charge in [0.1, 0.15) is 10.8 Å². The van der Waals surface area contributed by atoms with Crippen LogP contribution < -0.4 is 14.2 Å². The number of fused-ring (bicyclic) bond motifs is 1. The van der Waals surface area contributed by atoms with Crippen molar-refractivity contribution in [2.45, 2.75) is 6.54 Å². The van der Waals surface area contributed by atoms with E-state index in [4.69, 9.17) is 19.2 Å². The van der Waals surface area contributed by atoms with Crippen molar-refractivity contribution in [3.63, 3.8) is 0 Å². The lowest BCUT2D eigenvalue weighted by Gasteiger charge is -2.33. The van der Waals surface area contributed by atoms with Crippen molar-refractivity contribution in [1.82, 2.24) is 14.8 Å². The number of piperazine rings is 1. The molecule has 1 fully saturated rings. The number of amides is 1. The number of hydrogen-bond acceptors (Lipinski definition) is 7. The molecule has 168 valence electrons. The van der Waals surface area contributed by atoms with Crippen LogP contribution in [0.4, 0.5) is 0 Å². The van der Waals surface area contributed by atoms with Crippen molar-refractivity contribution in [2.24, 2.45) is 0 Å². The molecule has 0 unspecified atom stereocenters. The molecule has 1 aliphatic heterocycles. The van der Waals surface area contributed by atoms with Gasteiger partial charge in [-0.3, -0.25) is 9.69 Å². The summed E-state index contributed by atoms with van der Waals surface area (Å²) in [5, 5.41) is 1.12. The Kier molecular flexibility index (Phi) is 6.92.